The van der Waals surface area contributed by atoms with Crippen molar-refractivity contribution >= 4 is 28.3 Å². The largest absolute Gasteiger partial charge is 0.497 e. The lowest BCUT2D eigenvalue weighted by Crippen LogP contribution is -2.51. The highest BCUT2D eigenvalue weighted by molar-refractivity contribution is 7.89. The van der Waals surface area contributed by atoms with Crippen LogP contribution in [0.4, 0.5) is 0 Å². The van der Waals surface area contributed by atoms with Gasteiger partial charge in [-0.25, -0.2) is 8.42 Å². The Kier molecular flexibility index (Phi) is 7.13. The molecule has 2 N–H and O–H groups in total. The topological polar surface area (TPSA) is 87.7 Å². The van der Waals surface area contributed by atoms with Crippen molar-refractivity contribution in [2.75, 3.05) is 33.3 Å². The maximum Gasteiger partial charge on any atom is 0.241 e. The van der Waals surface area contributed by atoms with Crippen molar-refractivity contribution < 1.29 is 17.9 Å². The van der Waals surface area contributed by atoms with Crippen LogP contribution < -0.4 is 14.8 Å². The van der Waals surface area contributed by atoms with Crippen molar-refractivity contribution in [1.82, 2.24) is 14.9 Å². The summed E-state index contributed by atoms with van der Waals surface area (Å²) in [4.78, 5) is 14.9. The van der Waals surface area contributed by atoms with Crippen LogP contribution in [0.25, 0.3) is 0 Å². The van der Waals surface area contributed by atoms with Crippen molar-refractivity contribution in [3.8, 4) is 5.75 Å². The Morgan fingerprint density at radius 1 is 1.19 bits per heavy atom. The van der Waals surface area contributed by atoms with Gasteiger partial charge in [-0.3, -0.25) is 4.79 Å². The summed E-state index contributed by atoms with van der Waals surface area (Å²) >= 11 is 0. The predicted octanol–water partition coefficient (Wildman–Crippen LogP) is 1.10. The fraction of sp³-hybridized carbons (Fsp3) is 0.611. The Balaban J connectivity index is 0.00000261. The molecule has 2 aliphatic rings. The van der Waals surface area contributed by atoms with Gasteiger partial charge in [0, 0.05) is 26.2 Å². The number of hydrogen-bond acceptors (Lipinski definition) is 5. The van der Waals surface area contributed by atoms with Crippen LogP contribution in [0.2, 0.25) is 0 Å². The summed E-state index contributed by atoms with van der Waals surface area (Å²) in [5.74, 6) is 1.26. The minimum Gasteiger partial charge on any atom is -0.497 e. The molecule has 0 radical (unpaired) electrons. The van der Waals surface area contributed by atoms with Crippen molar-refractivity contribution in [2.45, 2.75) is 24.8 Å². The van der Waals surface area contributed by atoms with Crippen LogP contribution in [0.15, 0.2) is 29.2 Å². The van der Waals surface area contributed by atoms with Gasteiger partial charge in [0.1, 0.15) is 11.8 Å². The molecule has 0 saturated carbocycles. The van der Waals surface area contributed by atoms with Gasteiger partial charge in [0.15, 0.2) is 0 Å². The Bertz CT molecular complexity index is 742. The number of amides is 1. The molecule has 3 rings (SSSR count). The second-order valence-corrected chi connectivity index (χ2v) is 9.15. The van der Waals surface area contributed by atoms with Gasteiger partial charge in [-0.1, -0.05) is 13.8 Å². The van der Waals surface area contributed by atoms with Gasteiger partial charge in [0.2, 0.25) is 15.9 Å². The first-order valence-electron chi connectivity index (χ1n) is 8.97. The molecular formula is C18H28ClN3O4S. The highest BCUT2D eigenvalue weighted by Crippen LogP contribution is 2.27. The summed E-state index contributed by atoms with van der Waals surface area (Å²) in [6, 6.07) is 5.38. The zero-order valence-corrected chi connectivity index (χ0v) is 17.5. The van der Waals surface area contributed by atoms with E-state index in [-0.39, 0.29) is 29.1 Å². The molecule has 0 bridgehead atoms. The van der Waals surface area contributed by atoms with Gasteiger partial charge in [0.25, 0.3) is 0 Å². The third-order valence-corrected chi connectivity index (χ3v) is 6.74. The lowest BCUT2D eigenvalue weighted by molar-refractivity contribution is -0.133. The molecule has 1 aromatic rings. The van der Waals surface area contributed by atoms with Crippen LogP contribution in [0.5, 0.6) is 5.75 Å². The second-order valence-electron chi connectivity index (χ2n) is 7.44. The molecule has 1 aromatic carbocycles. The SMILES string of the molecule is COc1ccc(S(=O)(=O)NC(C(=O)N2C[C@H]3CNC[C@H]3C2)C(C)C)cc1.Cl. The van der Waals surface area contributed by atoms with Gasteiger partial charge in [0.05, 0.1) is 12.0 Å². The standard InChI is InChI=1S/C18H27N3O4S.ClH/c1-12(2)17(18(22)21-10-13-8-19-9-14(13)11-21)20-26(23,24)16-6-4-15(25-3)5-7-16;/h4-7,12-14,17,19-20H,8-11H2,1-3H3;1H/t13-,14+,17?;. The number of sulfonamides is 1. The van der Waals surface area contributed by atoms with Crippen molar-refractivity contribution in [3.05, 3.63) is 24.3 Å². The number of carbonyl (C=O) groups excluding carboxylic acids is 1. The maximum absolute atomic E-state index is 13.0. The molecular weight excluding hydrogens is 390 g/mol. The number of ether oxygens (including phenoxy) is 1. The summed E-state index contributed by atoms with van der Waals surface area (Å²) in [6.07, 6.45) is 0. The lowest BCUT2D eigenvalue weighted by atomic mass is 10.0. The smallest absolute Gasteiger partial charge is 0.241 e. The molecule has 0 aliphatic carbocycles. The molecule has 152 valence electrons. The first-order valence-corrected chi connectivity index (χ1v) is 10.5. The van der Waals surface area contributed by atoms with E-state index in [0.29, 0.717) is 30.7 Å². The summed E-state index contributed by atoms with van der Waals surface area (Å²) in [5.41, 5.74) is 0. The molecule has 2 saturated heterocycles. The predicted molar refractivity (Wildman–Crippen MR) is 106 cm³/mol. The van der Waals surface area contributed by atoms with Gasteiger partial charge in [-0.05, 0) is 42.0 Å². The van der Waals surface area contributed by atoms with Crippen LogP contribution in [0.3, 0.4) is 0 Å². The highest BCUT2D eigenvalue weighted by atomic mass is 35.5. The fourth-order valence-corrected chi connectivity index (χ4v) is 5.03. The molecule has 9 heteroatoms. The number of hydrogen-bond donors (Lipinski definition) is 2. The molecule has 27 heavy (non-hydrogen) atoms. The van der Waals surface area contributed by atoms with E-state index in [4.69, 9.17) is 4.74 Å². The number of rotatable bonds is 6. The number of carbonyl (C=O) groups is 1. The van der Waals surface area contributed by atoms with Crippen LogP contribution in [-0.2, 0) is 14.8 Å². The Morgan fingerprint density at radius 3 is 2.22 bits per heavy atom. The number of nitrogens with zero attached hydrogens (tertiary/aromatic N) is 1. The number of methoxy groups -OCH3 is 1. The number of benzene rings is 1. The van der Waals surface area contributed by atoms with Crippen LogP contribution in [0.1, 0.15) is 13.8 Å². The first-order chi connectivity index (χ1) is 12.3. The van der Waals surface area contributed by atoms with Crippen molar-refractivity contribution in [2.24, 2.45) is 17.8 Å². The molecule has 1 amide bonds. The summed E-state index contributed by atoms with van der Waals surface area (Å²) < 4.78 is 33.1. The second kappa shape index (κ2) is 8.77. The van der Waals surface area contributed by atoms with Gasteiger partial charge < -0.3 is 15.0 Å². The Morgan fingerprint density at radius 2 is 1.74 bits per heavy atom. The molecule has 2 heterocycles. The fourth-order valence-electron chi connectivity index (χ4n) is 3.69. The zero-order chi connectivity index (χ0) is 18.9. The number of halogens is 1. The van der Waals surface area contributed by atoms with E-state index in [9.17, 15) is 13.2 Å². The molecule has 7 nitrogen and oxygen atoms in total. The Labute approximate surface area is 167 Å². The molecule has 1 unspecified atom stereocenters. The minimum absolute atomic E-state index is 0. The summed E-state index contributed by atoms with van der Waals surface area (Å²) in [5, 5.41) is 3.35. The van der Waals surface area contributed by atoms with Crippen LogP contribution in [-0.4, -0.2) is 58.6 Å². The van der Waals surface area contributed by atoms with Crippen molar-refractivity contribution in [3.63, 3.8) is 0 Å². The van der Waals surface area contributed by atoms with E-state index in [0.717, 1.165) is 13.1 Å². The maximum atomic E-state index is 13.0. The van der Waals surface area contributed by atoms with Crippen LogP contribution in [0, 0.1) is 17.8 Å². The third kappa shape index (κ3) is 4.74. The molecule has 2 aliphatic heterocycles. The number of nitrogens with one attached hydrogen (secondary N) is 2. The normalized spacial score (nSPS) is 23.0. The number of fused-ring (bicyclic) bond motifs is 1. The van der Waals surface area contributed by atoms with Crippen LogP contribution >= 0.6 is 12.4 Å². The Hall–Kier alpha value is -1.35. The van der Waals surface area contributed by atoms with Gasteiger partial charge in [-0.15, -0.1) is 12.4 Å². The molecule has 3 atom stereocenters. The highest BCUT2D eigenvalue weighted by Gasteiger charge is 2.41. The average molecular weight is 418 g/mol. The van der Waals surface area contributed by atoms with Crippen molar-refractivity contribution in [1.29, 1.82) is 0 Å². The lowest BCUT2D eigenvalue weighted by Gasteiger charge is -2.27. The summed E-state index contributed by atoms with van der Waals surface area (Å²) in [7, 11) is -2.26. The average Bonchev–Trinajstić information content (AvgIpc) is 3.21. The quantitative estimate of drug-likeness (QED) is 0.723. The van der Waals surface area contributed by atoms with E-state index in [1.165, 1.54) is 19.2 Å². The van der Waals surface area contributed by atoms with E-state index >= 15 is 0 Å². The monoisotopic (exact) mass is 417 g/mol. The molecule has 2 fully saturated rings. The van der Waals surface area contributed by atoms with E-state index in [1.807, 2.05) is 18.7 Å². The molecule has 0 spiro atoms. The van der Waals surface area contributed by atoms with Gasteiger partial charge in [-0.2, -0.15) is 4.72 Å². The molecule has 0 aromatic heterocycles. The van der Waals surface area contributed by atoms with E-state index < -0.39 is 16.1 Å². The zero-order valence-electron chi connectivity index (χ0n) is 15.8. The first kappa shape index (κ1) is 21.9. The third-order valence-electron chi connectivity index (χ3n) is 5.29. The summed E-state index contributed by atoms with van der Waals surface area (Å²) in [6.45, 7) is 6.97. The van der Waals surface area contributed by atoms with E-state index in [2.05, 4.69) is 10.0 Å². The van der Waals surface area contributed by atoms with Gasteiger partial charge >= 0.3 is 0 Å². The minimum atomic E-state index is -3.79. The van der Waals surface area contributed by atoms with E-state index in [1.54, 1.807) is 12.1 Å². The number of likely N-dealkylation sites (tertiary alicyclic amines) is 1.